The van der Waals surface area contributed by atoms with Crippen molar-refractivity contribution in [3.8, 4) is 5.75 Å². The van der Waals surface area contributed by atoms with Crippen LogP contribution in [0, 0.1) is 0 Å². The second-order valence-corrected chi connectivity index (χ2v) is 7.69. The molecular formula is C16H21NO4S2. The molecule has 0 bridgehead atoms. The average molecular weight is 355 g/mol. The summed E-state index contributed by atoms with van der Waals surface area (Å²) in [5.74, 6) is 2.49. The zero-order valence-corrected chi connectivity index (χ0v) is 14.7. The highest BCUT2D eigenvalue weighted by atomic mass is 32.2. The summed E-state index contributed by atoms with van der Waals surface area (Å²) in [6.45, 7) is 0.192. The summed E-state index contributed by atoms with van der Waals surface area (Å²) in [7, 11) is 1.32. The lowest BCUT2D eigenvalue weighted by molar-refractivity contribution is -0.140. The molecular weight excluding hydrogens is 334 g/mol. The minimum atomic E-state index is -0.347. The summed E-state index contributed by atoms with van der Waals surface area (Å²) >= 11 is 3.95. The van der Waals surface area contributed by atoms with E-state index in [1.807, 2.05) is 35.7 Å². The van der Waals surface area contributed by atoms with Crippen LogP contribution in [-0.4, -0.2) is 43.6 Å². The van der Waals surface area contributed by atoms with E-state index < -0.39 is 0 Å². The molecule has 1 N–H and O–H groups in total. The Morgan fingerprint density at radius 1 is 1.22 bits per heavy atom. The molecule has 1 fully saturated rings. The normalized spacial score (nSPS) is 15.0. The number of amides is 1. The molecule has 1 amide bonds. The smallest absolute Gasteiger partial charge is 0.307 e. The van der Waals surface area contributed by atoms with Crippen molar-refractivity contribution in [2.24, 2.45) is 0 Å². The molecule has 7 heteroatoms. The number of benzene rings is 1. The first-order chi connectivity index (χ1) is 11.2. The van der Waals surface area contributed by atoms with Crippen LogP contribution < -0.4 is 10.1 Å². The van der Waals surface area contributed by atoms with Gasteiger partial charge in [-0.3, -0.25) is 9.59 Å². The van der Waals surface area contributed by atoms with Gasteiger partial charge in [0.1, 0.15) is 5.75 Å². The maximum absolute atomic E-state index is 11.6. The minimum absolute atomic E-state index is 0.0621. The van der Waals surface area contributed by atoms with Gasteiger partial charge < -0.3 is 14.8 Å². The quantitative estimate of drug-likeness (QED) is 0.759. The van der Waals surface area contributed by atoms with Crippen LogP contribution in [0.15, 0.2) is 24.3 Å². The number of methoxy groups -OCH3 is 1. The van der Waals surface area contributed by atoms with E-state index in [4.69, 9.17) is 4.74 Å². The number of hydrogen-bond acceptors (Lipinski definition) is 6. The summed E-state index contributed by atoms with van der Waals surface area (Å²) in [5, 5.41) is 2.61. The zero-order chi connectivity index (χ0) is 16.5. The number of esters is 1. The van der Waals surface area contributed by atoms with Gasteiger partial charge in [0, 0.05) is 6.54 Å². The van der Waals surface area contributed by atoms with Gasteiger partial charge in [-0.2, -0.15) is 0 Å². The van der Waals surface area contributed by atoms with E-state index in [2.05, 4.69) is 22.2 Å². The number of hydrogen-bond donors (Lipinski definition) is 1. The maximum Gasteiger partial charge on any atom is 0.307 e. The Morgan fingerprint density at radius 2 is 1.91 bits per heavy atom. The Bertz CT molecular complexity index is 515. The lowest BCUT2D eigenvalue weighted by atomic mass is 10.2. The van der Waals surface area contributed by atoms with Gasteiger partial charge >= 0.3 is 5.97 Å². The molecule has 5 nitrogen and oxygen atoms in total. The highest BCUT2D eigenvalue weighted by Gasteiger charge is 2.16. The lowest BCUT2D eigenvalue weighted by Gasteiger charge is -2.21. The molecule has 2 rings (SSSR count). The van der Waals surface area contributed by atoms with Gasteiger partial charge in [0.05, 0.1) is 18.1 Å². The van der Waals surface area contributed by atoms with Gasteiger partial charge in [0.2, 0.25) is 0 Å². The molecule has 1 aromatic carbocycles. The van der Waals surface area contributed by atoms with Crippen molar-refractivity contribution in [2.45, 2.75) is 17.4 Å². The summed E-state index contributed by atoms with van der Waals surface area (Å²) in [6, 6.07) is 7.90. The Hall–Kier alpha value is -1.34. The van der Waals surface area contributed by atoms with E-state index in [1.54, 1.807) is 0 Å². The molecule has 1 heterocycles. The third kappa shape index (κ3) is 6.35. The number of thioether (sulfide) groups is 2. The monoisotopic (exact) mass is 355 g/mol. The molecule has 0 unspecified atom stereocenters. The van der Waals surface area contributed by atoms with Crippen molar-refractivity contribution in [3.05, 3.63) is 29.8 Å². The molecule has 23 heavy (non-hydrogen) atoms. The van der Waals surface area contributed by atoms with Crippen molar-refractivity contribution >= 4 is 35.4 Å². The van der Waals surface area contributed by atoms with Gasteiger partial charge in [-0.15, -0.1) is 23.5 Å². The van der Waals surface area contributed by atoms with Gasteiger partial charge in [0.25, 0.3) is 5.91 Å². The van der Waals surface area contributed by atoms with Gasteiger partial charge in [0.15, 0.2) is 6.61 Å². The molecule has 1 aromatic rings. The van der Waals surface area contributed by atoms with E-state index in [0.717, 1.165) is 0 Å². The molecule has 126 valence electrons. The predicted octanol–water partition coefficient (Wildman–Crippen LogP) is 2.61. The van der Waals surface area contributed by atoms with Gasteiger partial charge in [-0.1, -0.05) is 12.1 Å². The fraction of sp³-hybridized carbons (Fsp3) is 0.500. The van der Waals surface area contributed by atoms with Crippen LogP contribution in [0.4, 0.5) is 0 Å². The van der Waals surface area contributed by atoms with E-state index in [9.17, 15) is 9.59 Å². The molecule has 1 aliphatic rings. The highest BCUT2D eigenvalue weighted by Crippen LogP contribution is 2.43. The Labute approximate surface area is 144 Å². The first-order valence-electron chi connectivity index (χ1n) is 7.48. The minimum Gasteiger partial charge on any atom is -0.484 e. The molecule has 0 saturated carbocycles. The summed E-state index contributed by atoms with van der Waals surface area (Å²) in [4.78, 5) is 22.5. The number of ether oxygens (including phenoxy) is 2. The van der Waals surface area contributed by atoms with E-state index in [1.165, 1.54) is 30.6 Å². The van der Waals surface area contributed by atoms with Crippen molar-refractivity contribution < 1.29 is 19.1 Å². The number of rotatable bonds is 7. The second-order valence-electron chi connectivity index (χ2n) is 4.96. The topological polar surface area (TPSA) is 64.6 Å². The number of carbonyl (C=O) groups is 2. The molecule has 0 radical (unpaired) electrons. The summed E-state index contributed by atoms with van der Waals surface area (Å²) < 4.78 is 10.4. The Kier molecular flexibility index (Phi) is 7.61. The fourth-order valence-electron chi connectivity index (χ4n) is 2.01. The van der Waals surface area contributed by atoms with Crippen LogP contribution in [-0.2, 0) is 14.3 Å². The second kappa shape index (κ2) is 9.72. The number of nitrogens with one attached hydrogen (secondary N) is 1. The highest BCUT2D eigenvalue weighted by molar-refractivity contribution is 8.16. The van der Waals surface area contributed by atoms with Crippen LogP contribution in [0.1, 0.15) is 23.0 Å². The van der Waals surface area contributed by atoms with Crippen LogP contribution in [0.25, 0.3) is 0 Å². The standard InChI is InChI=1S/C16H21NO4S2/c1-20-15(19)7-8-17-14(18)11-21-13-5-3-12(4-6-13)16-22-9-2-10-23-16/h3-6,16H,2,7-11H2,1H3,(H,17,18). The van der Waals surface area contributed by atoms with E-state index in [0.29, 0.717) is 10.3 Å². The van der Waals surface area contributed by atoms with E-state index >= 15 is 0 Å². The largest absolute Gasteiger partial charge is 0.484 e. The van der Waals surface area contributed by atoms with Crippen LogP contribution in [0.2, 0.25) is 0 Å². The Morgan fingerprint density at radius 3 is 2.57 bits per heavy atom. The zero-order valence-electron chi connectivity index (χ0n) is 13.1. The van der Waals surface area contributed by atoms with Crippen molar-refractivity contribution in [3.63, 3.8) is 0 Å². The van der Waals surface area contributed by atoms with Crippen LogP contribution in [0.3, 0.4) is 0 Å². The third-order valence-electron chi connectivity index (χ3n) is 3.23. The van der Waals surface area contributed by atoms with Crippen molar-refractivity contribution in [1.29, 1.82) is 0 Å². The first kappa shape index (κ1) is 18.0. The summed E-state index contributed by atoms with van der Waals surface area (Å²) in [5.41, 5.74) is 1.29. The molecule has 0 aliphatic carbocycles. The predicted molar refractivity (Wildman–Crippen MR) is 93.9 cm³/mol. The van der Waals surface area contributed by atoms with Crippen molar-refractivity contribution in [2.75, 3.05) is 31.8 Å². The third-order valence-corrected chi connectivity index (χ3v) is 6.24. The fourth-order valence-corrected chi connectivity index (χ4v) is 4.90. The molecule has 0 atom stereocenters. The summed E-state index contributed by atoms with van der Waals surface area (Å²) in [6.07, 6.45) is 1.44. The molecule has 0 spiro atoms. The lowest BCUT2D eigenvalue weighted by Crippen LogP contribution is -2.30. The SMILES string of the molecule is COC(=O)CCNC(=O)COc1ccc(C2SCCCS2)cc1. The van der Waals surface area contributed by atoms with Crippen LogP contribution >= 0.6 is 23.5 Å². The maximum atomic E-state index is 11.6. The van der Waals surface area contributed by atoms with Crippen molar-refractivity contribution in [1.82, 2.24) is 5.32 Å². The molecule has 1 aliphatic heterocycles. The Balaban J connectivity index is 1.71. The van der Waals surface area contributed by atoms with Gasteiger partial charge in [-0.05, 0) is 35.6 Å². The molecule has 1 saturated heterocycles. The van der Waals surface area contributed by atoms with Crippen LogP contribution in [0.5, 0.6) is 5.75 Å². The first-order valence-corrected chi connectivity index (χ1v) is 9.58. The average Bonchev–Trinajstić information content (AvgIpc) is 2.61. The molecule has 0 aromatic heterocycles. The number of carbonyl (C=O) groups excluding carboxylic acids is 2. The van der Waals surface area contributed by atoms with E-state index in [-0.39, 0.29) is 31.4 Å². The van der Waals surface area contributed by atoms with Gasteiger partial charge in [-0.25, -0.2) is 0 Å².